The fourth-order valence-corrected chi connectivity index (χ4v) is 2.19. The van der Waals surface area contributed by atoms with Gasteiger partial charge < -0.3 is 4.74 Å². The van der Waals surface area contributed by atoms with Crippen molar-refractivity contribution in [2.24, 2.45) is 0 Å². The first-order chi connectivity index (χ1) is 5.87. The molecule has 0 unspecified atom stereocenters. The van der Waals surface area contributed by atoms with Crippen molar-refractivity contribution in [1.82, 2.24) is 0 Å². The van der Waals surface area contributed by atoms with Gasteiger partial charge in [-0.15, -0.1) is 0 Å². The highest BCUT2D eigenvalue weighted by atomic mass is 79.9. The van der Waals surface area contributed by atoms with Crippen LogP contribution in [0.15, 0.2) is 27.1 Å². The zero-order chi connectivity index (χ0) is 10.1. The fourth-order valence-electron chi connectivity index (χ4n) is 0.941. The van der Waals surface area contributed by atoms with Crippen molar-refractivity contribution >= 4 is 31.9 Å². The summed E-state index contributed by atoms with van der Waals surface area (Å²) >= 11 is 6.82. The van der Waals surface area contributed by atoms with E-state index >= 15 is 0 Å². The van der Waals surface area contributed by atoms with E-state index in [0.29, 0.717) is 0 Å². The molecule has 1 rings (SSSR count). The lowest BCUT2D eigenvalue weighted by Crippen LogP contribution is -2.22. The molecule has 13 heavy (non-hydrogen) atoms. The van der Waals surface area contributed by atoms with Crippen molar-refractivity contribution in [2.75, 3.05) is 0 Å². The zero-order valence-electron chi connectivity index (χ0n) is 7.90. The maximum Gasteiger partial charge on any atom is 0.122 e. The maximum atomic E-state index is 5.70. The molecule has 0 N–H and O–H groups in total. The summed E-state index contributed by atoms with van der Waals surface area (Å²) in [7, 11) is 0. The van der Waals surface area contributed by atoms with Crippen LogP contribution in [0.1, 0.15) is 20.8 Å². The monoisotopic (exact) mass is 306 g/mol. The summed E-state index contributed by atoms with van der Waals surface area (Å²) in [4.78, 5) is 0. The third-order valence-electron chi connectivity index (χ3n) is 1.26. The smallest absolute Gasteiger partial charge is 0.122 e. The summed E-state index contributed by atoms with van der Waals surface area (Å²) in [6.07, 6.45) is 0. The lowest BCUT2D eigenvalue weighted by Gasteiger charge is -2.21. The molecule has 0 aliphatic carbocycles. The third-order valence-corrected chi connectivity index (χ3v) is 2.18. The first-order valence-electron chi connectivity index (χ1n) is 4.02. The Labute approximate surface area is 95.7 Å². The second-order valence-electron chi connectivity index (χ2n) is 3.82. The molecule has 0 aromatic heterocycles. The molecular weight excluding hydrogens is 296 g/mol. The van der Waals surface area contributed by atoms with Gasteiger partial charge in [-0.1, -0.05) is 31.9 Å². The van der Waals surface area contributed by atoms with Crippen LogP contribution in [0, 0.1) is 0 Å². The molecule has 0 amide bonds. The Balaban J connectivity index is 2.90. The molecule has 0 saturated carbocycles. The Bertz CT molecular complexity index is 282. The van der Waals surface area contributed by atoms with Crippen molar-refractivity contribution in [3.63, 3.8) is 0 Å². The molecule has 3 heteroatoms. The Morgan fingerprint density at radius 1 is 1.00 bits per heavy atom. The van der Waals surface area contributed by atoms with Gasteiger partial charge in [0.2, 0.25) is 0 Å². The molecule has 1 aromatic rings. The Morgan fingerprint density at radius 3 is 1.85 bits per heavy atom. The maximum absolute atomic E-state index is 5.70. The number of rotatable bonds is 1. The van der Waals surface area contributed by atoms with Gasteiger partial charge in [0, 0.05) is 8.95 Å². The highest BCUT2D eigenvalue weighted by molar-refractivity contribution is 9.11. The van der Waals surface area contributed by atoms with E-state index in [0.717, 1.165) is 14.7 Å². The predicted molar refractivity (Wildman–Crippen MR) is 62.2 cm³/mol. The second kappa shape index (κ2) is 4.01. The molecule has 0 atom stereocenters. The fraction of sp³-hybridized carbons (Fsp3) is 0.400. The normalized spacial score (nSPS) is 11.5. The predicted octanol–water partition coefficient (Wildman–Crippen LogP) is 4.39. The van der Waals surface area contributed by atoms with Gasteiger partial charge in [0.15, 0.2) is 0 Å². The minimum Gasteiger partial charge on any atom is -0.488 e. The summed E-state index contributed by atoms with van der Waals surface area (Å²) in [6.45, 7) is 6.09. The van der Waals surface area contributed by atoms with Gasteiger partial charge in [-0.05, 0) is 39.0 Å². The van der Waals surface area contributed by atoms with Gasteiger partial charge in [0.25, 0.3) is 0 Å². The van der Waals surface area contributed by atoms with E-state index in [1.807, 2.05) is 39.0 Å². The number of ether oxygens (including phenoxy) is 1. The van der Waals surface area contributed by atoms with E-state index < -0.39 is 0 Å². The van der Waals surface area contributed by atoms with Crippen molar-refractivity contribution in [1.29, 1.82) is 0 Å². The van der Waals surface area contributed by atoms with E-state index in [4.69, 9.17) is 4.74 Å². The highest BCUT2D eigenvalue weighted by Gasteiger charge is 2.12. The van der Waals surface area contributed by atoms with Crippen LogP contribution in [-0.4, -0.2) is 5.60 Å². The molecule has 0 aliphatic rings. The Hall–Kier alpha value is -0.0200. The molecular formula is C10H12Br2O. The van der Waals surface area contributed by atoms with Crippen LogP contribution in [0.25, 0.3) is 0 Å². The quantitative estimate of drug-likeness (QED) is 0.748. The lowest BCUT2D eigenvalue weighted by atomic mass is 10.2. The van der Waals surface area contributed by atoms with E-state index in [-0.39, 0.29) is 5.60 Å². The molecule has 0 saturated heterocycles. The topological polar surface area (TPSA) is 9.23 Å². The van der Waals surface area contributed by atoms with Crippen molar-refractivity contribution in [2.45, 2.75) is 26.4 Å². The zero-order valence-corrected chi connectivity index (χ0v) is 11.1. The van der Waals surface area contributed by atoms with Gasteiger partial charge in [-0.25, -0.2) is 0 Å². The molecule has 72 valence electrons. The summed E-state index contributed by atoms with van der Waals surface area (Å²) in [5.41, 5.74) is -0.153. The first-order valence-corrected chi connectivity index (χ1v) is 5.60. The van der Waals surface area contributed by atoms with Crippen LogP contribution >= 0.6 is 31.9 Å². The average molecular weight is 308 g/mol. The van der Waals surface area contributed by atoms with Gasteiger partial charge in [-0.2, -0.15) is 0 Å². The number of halogens is 2. The van der Waals surface area contributed by atoms with E-state index in [1.54, 1.807) is 0 Å². The minimum atomic E-state index is -0.153. The number of benzene rings is 1. The van der Waals surface area contributed by atoms with Crippen LogP contribution in [0.4, 0.5) is 0 Å². The second-order valence-corrected chi connectivity index (χ2v) is 5.65. The van der Waals surface area contributed by atoms with E-state index in [9.17, 15) is 0 Å². The van der Waals surface area contributed by atoms with Crippen LogP contribution in [0.3, 0.4) is 0 Å². The summed E-state index contributed by atoms with van der Waals surface area (Å²) in [6, 6.07) is 5.89. The molecule has 0 spiro atoms. The molecule has 0 aliphatic heterocycles. The Kier molecular flexibility index (Phi) is 3.41. The molecule has 0 radical (unpaired) electrons. The van der Waals surface area contributed by atoms with Gasteiger partial charge in [-0.3, -0.25) is 0 Å². The SMILES string of the molecule is CC(C)(C)Oc1cc(Br)cc(Br)c1. The van der Waals surface area contributed by atoms with Gasteiger partial charge in [0.05, 0.1) is 0 Å². The van der Waals surface area contributed by atoms with Gasteiger partial charge in [0.1, 0.15) is 11.4 Å². The molecule has 0 heterocycles. The third kappa shape index (κ3) is 4.14. The van der Waals surface area contributed by atoms with Crippen LogP contribution < -0.4 is 4.74 Å². The largest absolute Gasteiger partial charge is 0.488 e. The Morgan fingerprint density at radius 2 is 1.46 bits per heavy atom. The van der Waals surface area contributed by atoms with Crippen LogP contribution in [0.2, 0.25) is 0 Å². The van der Waals surface area contributed by atoms with Crippen molar-refractivity contribution in [3.8, 4) is 5.75 Å². The van der Waals surface area contributed by atoms with Crippen LogP contribution in [0.5, 0.6) is 5.75 Å². The van der Waals surface area contributed by atoms with Crippen LogP contribution in [-0.2, 0) is 0 Å². The summed E-state index contributed by atoms with van der Waals surface area (Å²) < 4.78 is 7.73. The number of hydrogen-bond donors (Lipinski definition) is 0. The summed E-state index contributed by atoms with van der Waals surface area (Å²) in [5, 5.41) is 0. The highest BCUT2D eigenvalue weighted by Crippen LogP contribution is 2.27. The van der Waals surface area contributed by atoms with Crippen molar-refractivity contribution < 1.29 is 4.74 Å². The first kappa shape index (κ1) is 11.1. The molecule has 0 bridgehead atoms. The average Bonchev–Trinajstić information content (AvgIpc) is 1.78. The van der Waals surface area contributed by atoms with Gasteiger partial charge >= 0.3 is 0 Å². The van der Waals surface area contributed by atoms with Crippen molar-refractivity contribution in [3.05, 3.63) is 27.1 Å². The van der Waals surface area contributed by atoms with E-state index in [1.165, 1.54) is 0 Å². The molecule has 1 nitrogen and oxygen atoms in total. The lowest BCUT2D eigenvalue weighted by molar-refractivity contribution is 0.131. The standard InChI is InChI=1S/C10H12Br2O/c1-10(2,3)13-9-5-7(11)4-8(12)6-9/h4-6H,1-3H3. The minimum absolute atomic E-state index is 0.153. The summed E-state index contributed by atoms with van der Waals surface area (Å²) in [5.74, 6) is 0.869. The molecule has 0 fully saturated rings. The molecule has 1 aromatic carbocycles. The van der Waals surface area contributed by atoms with E-state index in [2.05, 4.69) is 31.9 Å². The number of hydrogen-bond acceptors (Lipinski definition) is 1.